The molecule has 0 spiro atoms. The second kappa shape index (κ2) is 9.99. The fourth-order valence-electron chi connectivity index (χ4n) is 1.68. The molecule has 1 aromatic heterocycles. The van der Waals surface area contributed by atoms with E-state index in [2.05, 4.69) is 35.1 Å². The van der Waals surface area contributed by atoms with Crippen molar-refractivity contribution in [2.45, 2.75) is 26.8 Å². The van der Waals surface area contributed by atoms with Crippen LogP contribution in [-0.2, 0) is 11.3 Å². The first kappa shape index (κ1) is 16.2. The van der Waals surface area contributed by atoms with E-state index in [1.807, 2.05) is 6.92 Å². The molecule has 0 saturated heterocycles. The van der Waals surface area contributed by atoms with Crippen LogP contribution in [0.2, 0.25) is 0 Å². The minimum atomic E-state index is 0.127. The maximum Gasteiger partial charge on any atom is 0.0593 e. The Balaban J connectivity index is 2.55. The van der Waals surface area contributed by atoms with E-state index in [-0.39, 0.29) is 6.61 Å². The molecular weight excluding hydrogens is 258 g/mol. The van der Waals surface area contributed by atoms with Crippen LogP contribution in [-0.4, -0.2) is 42.9 Å². The van der Waals surface area contributed by atoms with Gasteiger partial charge in [0.05, 0.1) is 13.2 Å². The van der Waals surface area contributed by atoms with Crippen LogP contribution in [0.4, 0.5) is 0 Å². The zero-order chi connectivity index (χ0) is 13.9. The number of nitrogens with zero attached hydrogens (tertiary/aromatic N) is 1. The Hall–Kier alpha value is -0.860. The number of hydrogen-bond donors (Lipinski definition) is 1. The molecule has 1 heterocycles. The van der Waals surface area contributed by atoms with Crippen molar-refractivity contribution in [3.8, 4) is 11.8 Å². The van der Waals surface area contributed by atoms with Gasteiger partial charge in [0.15, 0.2) is 0 Å². The van der Waals surface area contributed by atoms with Crippen molar-refractivity contribution in [1.82, 2.24) is 4.90 Å². The topological polar surface area (TPSA) is 32.7 Å². The monoisotopic (exact) mass is 281 g/mol. The molecule has 0 aliphatic rings. The first-order chi connectivity index (χ1) is 9.31. The molecule has 4 heteroatoms. The van der Waals surface area contributed by atoms with E-state index in [1.165, 1.54) is 4.88 Å². The van der Waals surface area contributed by atoms with Crippen LogP contribution in [0, 0.1) is 11.8 Å². The van der Waals surface area contributed by atoms with Gasteiger partial charge < -0.3 is 9.84 Å². The van der Waals surface area contributed by atoms with Crippen molar-refractivity contribution in [2.24, 2.45) is 0 Å². The summed E-state index contributed by atoms with van der Waals surface area (Å²) in [6, 6.07) is 2.06. The lowest BCUT2D eigenvalue weighted by atomic mass is 10.2. The summed E-state index contributed by atoms with van der Waals surface area (Å²) >= 11 is 1.74. The van der Waals surface area contributed by atoms with E-state index in [4.69, 9.17) is 9.84 Å². The minimum absolute atomic E-state index is 0.127. The highest BCUT2D eigenvalue weighted by Crippen LogP contribution is 2.18. The summed E-state index contributed by atoms with van der Waals surface area (Å²) in [7, 11) is 0. The molecule has 0 amide bonds. The third-order valence-corrected chi connectivity index (χ3v) is 3.68. The highest BCUT2D eigenvalue weighted by molar-refractivity contribution is 7.10. The first-order valence-corrected chi connectivity index (χ1v) is 7.66. The maximum atomic E-state index is 8.75. The molecule has 0 fully saturated rings. The van der Waals surface area contributed by atoms with Crippen LogP contribution in [0.5, 0.6) is 0 Å². The van der Waals surface area contributed by atoms with E-state index in [0.717, 1.165) is 38.4 Å². The SMILES string of the molecule is CCOCCN(CC)Cc1sccc1C#CCCO. The average molecular weight is 281 g/mol. The molecule has 0 aromatic carbocycles. The van der Waals surface area contributed by atoms with Gasteiger partial charge in [-0.2, -0.15) is 0 Å². The molecular formula is C15H23NO2S. The Bertz CT molecular complexity index is 406. The molecule has 0 saturated carbocycles. The normalized spacial score (nSPS) is 10.5. The summed E-state index contributed by atoms with van der Waals surface area (Å²) in [6.07, 6.45) is 0.539. The first-order valence-electron chi connectivity index (χ1n) is 6.78. The quantitative estimate of drug-likeness (QED) is 0.586. The van der Waals surface area contributed by atoms with E-state index >= 15 is 0 Å². The highest BCUT2D eigenvalue weighted by Gasteiger charge is 2.08. The molecule has 0 radical (unpaired) electrons. The Morgan fingerprint density at radius 1 is 1.42 bits per heavy atom. The predicted octanol–water partition coefficient (Wildman–Crippen LogP) is 2.34. The number of ether oxygens (including phenoxy) is 1. The van der Waals surface area contributed by atoms with Crippen LogP contribution >= 0.6 is 11.3 Å². The summed E-state index contributed by atoms with van der Waals surface area (Å²) < 4.78 is 5.40. The zero-order valence-electron chi connectivity index (χ0n) is 11.8. The lowest BCUT2D eigenvalue weighted by Gasteiger charge is -2.19. The molecule has 19 heavy (non-hydrogen) atoms. The van der Waals surface area contributed by atoms with Crippen molar-refractivity contribution < 1.29 is 9.84 Å². The van der Waals surface area contributed by atoms with Crippen LogP contribution in [0.25, 0.3) is 0 Å². The third kappa shape index (κ3) is 6.22. The molecule has 0 atom stereocenters. The Kier molecular flexibility index (Phi) is 8.52. The smallest absolute Gasteiger partial charge is 0.0593 e. The van der Waals surface area contributed by atoms with Gasteiger partial charge in [0.25, 0.3) is 0 Å². The molecule has 0 aliphatic carbocycles. The second-order valence-electron chi connectivity index (χ2n) is 4.10. The summed E-state index contributed by atoms with van der Waals surface area (Å²) in [4.78, 5) is 3.66. The molecule has 106 valence electrons. The molecule has 1 aromatic rings. The van der Waals surface area contributed by atoms with E-state index in [0.29, 0.717) is 6.42 Å². The molecule has 0 aliphatic heterocycles. The lowest BCUT2D eigenvalue weighted by Crippen LogP contribution is -2.26. The standard InChI is InChI=1S/C15H23NO2S/c1-3-16(9-11-18-4-2)13-15-14(8-12-19-15)7-5-6-10-17/h8,12,17H,3-4,6,9-11,13H2,1-2H3. The molecule has 0 unspecified atom stereocenters. The van der Waals surface area contributed by atoms with Crippen LogP contribution in [0.3, 0.4) is 0 Å². The molecule has 3 nitrogen and oxygen atoms in total. The average Bonchev–Trinajstić information content (AvgIpc) is 2.85. The van der Waals surface area contributed by atoms with Crippen molar-refractivity contribution in [1.29, 1.82) is 0 Å². The molecule has 1 rings (SSSR count). The Morgan fingerprint density at radius 3 is 2.95 bits per heavy atom. The van der Waals surface area contributed by atoms with Gasteiger partial charge in [0.1, 0.15) is 0 Å². The Morgan fingerprint density at radius 2 is 2.26 bits per heavy atom. The number of thiophene rings is 1. The summed E-state index contributed by atoms with van der Waals surface area (Å²) in [5.41, 5.74) is 1.09. The number of rotatable bonds is 8. The van der Waals surface area contributed by atoms with Crippen molar-refractivity contribution in [3.63, 3.8) is 0 Å². The van der Waals surface area contributed by atoms with Gasteiger partial charge in [-0.1, -0.05) is 18.8 Å². The van der Waals surface area contributed by atoms with Gasteiger partial charge >= 0.3 is 0 Å². The van der Waals surface area contributed by atoms with Gasteiger partial charge in [-0.25, -0.2) is 0 Å². The Labute approximate surface area is 120 Å². The maximum absolute atomic E-state index is 8.75. The van der Waals surface area contributed by atoms with Gasteiger partial charge in [-0.05, 0) is 24.9 Å². The van der Waals surface area contributed by atoms with Crippen LogP contribution in [0.15, 0.2) is 11.4 Å². The molecule has 0 bridgehead atoms. The largest absolute Gasteiger partial charge is 0.395 e. The van der Waals surface area contributed by atoms with Gasteiger partial charge in [0, 0.05) is 36.6 Å². The van der Waals surface area contributed by atoms with Crippen molar-refractivity contribution in [3.05, 3.63) is 21.9 Å². The number of aliphatic hydroxyl groups excluding tert-OH is 1. The zero-order valence-corrected chi connectivity index (χ0v) is 12.6. The lowest BCUT2D eigenvalue weighted by molar-refractivity contribution is 0.113. The van der Waals surface area contributed by atoms with Gasteiger partial charge in [-0.3, -0.25) is 4.90 Å². The van der Waals surface area contributed by atoms with Crippen molar-refractivity contribution >= 4 is 11.3 Å². The fraction of sp³-hybridized carbons (Fsp3) is 0.600. The van der Waals surface area contributed by atoms with Gasteiger partial charge in [-0.15, -0.1) is 11.3 Å². The number of aliphatic hydroxyl groups is 1. The van der Waals surface area contributed by atoms with Crippen molar-refractivity contribution in [2.75, 3.05) is 32.9 Å². The van der Waals surface area contributed by atoms with E-state index in [1.54, 1.807) is 11.3 Å². The van der Waals surface area contributed by atoms with E-state index in [9.17, 15) is 0 Å². The van der Waals surface area contributed by atoms with Crippen LogP contribution in [0.1, 0.15) is 30.7 Å². The second-order valence-corrected chi connectivity index (χ2v) is 5.10. The number of likely N-dealkylation sites (N-methyl/N-ethyl adjacent to an activating group) is 1. The highest BCUT2D eigenvalue weighted by atomic mass is 32.1. The summed E-state index contributed by atoms with van der Waals surface area (Å²) in [6.45, 7) is 8.74. The fourth-order valence-corrected chi connectivity index (χ4v) is 2.55. The minimum Gasteiger partial charge on any atom is -0.395 e. The van der Waals surface area contributed by atoms with Crippen LogP contribution < -0.4 is 0 Å². The summed E-state index contributed by atoms with van der Waals surface area (Å²) in [5, 5.41) is 10.8. The van der Waals surface area contributed by atoms with Gasteiger partial charge in [0.2, 0.25) is 0 Å². The number of hydrogen-bond acceptors (Lipinski definition) is 4. The molecule has 1 N–H and O–H groups in total. The third-order valence-electron chi connectivity index (χ3n) is 2.78. The van der Waals surface area contributed by atoms with E-state index < -0.39 is 0 Å². The summed E-state index contributed by atoms with van der Waals surface area (Å²) in [5.74, 6) is 6.12. The predicted molar refractivity (Wildman–Crippen MR) is 80.3 cm³/mol.